The molecule has 10 atom stereocenters. The number of rotatable bonds is 13. The van der Waals surface area contributed by atoms with Gasteiger partial charge in [-0.2, -0.15) is 26.3 Å². The number of benzene rings is 2. The lowest BCUT2D eigenvalue weighted by atomic mass is 9.90. The first-order chi connectivity index (χ1) is 46.1. The van der Waals surface area contributed by atoms with Crippen LogP contribution < -0.4 is 16.0 Å². The summed E-state index contributed by atoms with van der Waals surface area (Å²) in [4.78, 5) is 171. The Labute approximate surface area is 581 Å². The summed E-state index contributed by atoms with van der Waals surface area (Å²) in [5.41, 5.74) is -3.40. The third-order valence-electron chi connectivity index (χ3n) is 19.6. The van der Waals surface area contributed by atoms with Crippen molar-refractivity contribution in [2.75, 3.05) is 82.1 Å². The minimum absolute atomic E-state index is 0.1000. The Hall–Kier alpha value is -7.56. The molecule has 3 aliphatic rings. The van der Waals surface area contributed by atoms with Crippen LogP contribution >= 0.6 is 11.6 Å². The number of amides is 11. The van der Waals surface area contributed by atoms with Crippen LogP contribution in [0.1, 0.15) is 142 Å². The maximum absolute atomic E-state index is 15.4. The van der Waals surface area contributed by atoms with Crippen molar-refractivity contribution in [1.82, 2.24) is 55.1 Å². The molecular weight excluding hydrogens is 1320 g/mol. The normalized spacial score (nSPS) is 25.2. The van der Waals surface area contributed by atoms with E-state index >= 15 is 14.4 Å². The van der Waals surface area contributed by atoms with Crippen molar-refractivity contribution < 1.29 is 83.8 Å². The average molecular weight is 1430 g/mol. The van der Waals surface area contributed by atoms with E-state index in [1.54, 1.807) is 34.6 Å². The Morgan fingerprint density at radius 1 is 0.626 bits per heavy atom. The number of ether oxygens (including phenoxy) is 1. The van der Waals surface area contributed by atoms with Crippen LogP contribution in [0, 0.1) is 17.8 Å². The molecule has 1 saturated carbocycles. The Kier molecular flexibility index (Phi) is 29.2. The molecule has 0 radical (unpaired) electrons. The SMILES string of the molecule is CCO[C@@H]1C[C@H]2C(=O)NC3(CCCC3)C(=O)N(C)[C@@H]([C@@H](C)CC)C(=O)N(C)[C@H](C)CC(=O)N(C)[C@@H](CC(C)C)C(=O)N[C@@H]([C@@H](C)CC)C(=O)N(C)CC(=O)N(C)CC(=O)N(C)[C@@H](Cc3ccc(C(F)(F)F)cc3)C(=O)N(C)CC(=O)N[C@@H](CCc3ccc(C(F)(F)F)c(Cl)c3)C(=O)N2C1. The fraction of sp³-hybridized carbons (Fsp3) is 0.667. The molecule has 0 aromatic heterocycles. The molecule has 11 amide bonds. The predicted octanol–water partition coefficient (Wildman–Crippen LogP) is 6.20. The van der Waals surface area contributed by atoms with E-state index < -0.39 is 185 Å². The third-order valence-corrected chi connectivity index (χ3v) is 19.9. The van der Waals surface area contributed by atoms with Gasteiger partial charge in [-0.1, -0.05) is 97.0 Å². The number of hydrogen-bond donors (Lipinski definition) is 3. The van der Waals surface area contributed by atoms with E-state index in [0.717, 1.165) is 62.1 Å². The van der Waals surface area contributed by atoms with Gasteiger partial charge >= 0.3 is 12.4 Å². The van der Waals surface area contributed by atoms with Crippen molar-refractivity contribution in [3.05, 3.63) is 69.7 Å². The van der Waals surface area contributed by atoms with E-state index in [0.29, 0.717) is 25.7 Å². The molecule has 99 heavy (non-hydrogen) atoms. The lowest BCUT2D eigenvalue weighted by molar-refractivity contribution is -0.153. The molecule has 1 aliphatic carbocycles. The van der Waals surface area contributed by atoms with Gasteiger partial charge in [-0.15, -0.1) is 0 Å². The Bertz CT molecular complexity index is 3230. The van der Waals surface area contributed by atoms with Crippen LogP contribution in [0.2, 0.25) is 5.02 Å². The first-order valence-electron chi connectivity index (χ1n) is 33.8. The van der Waals surface area contributed by atoms with Gasteiger partial charge in [0.15, 0.2) is 0 Å². The average Bonchev–Trinajstić information content (AvgIpc) is 1.70. The van der Waals surface area contributed by atoms with E-state index in [2.05, 4.69) is 16.0 Å². The van der Waals surface area contributed by atoms with Crippen LogP contribution in [0.4, 0.5) is 26.3 Å². The molecule has 3 fully saturated rings. The van der Waals surface area contributed by atoms with E-state index in [1.807, 2.05) is 20.8 Å². The lowest BCUT2D eigenvalue weighted by Gasteiger charge is -2.41. The van der Waals surface area contributed by atoms with Crippen LogP contribution in [0.15, 0.2) is 42.5 Å². The molecule has 0 bridgehead atoms. The van der Waals surface area contributed by atoms with E-state index in [9.17, 15) is 64.7 Å². The highest BCUT2D eigenvalue weighted by Crippen LogP contribution is 2.37. The van der Waals surface area contributed by atoms with Crippen molar-refractivity contribution in [3.63, 3.8) is 0 Å². The minimum atomic E-state index is -4.82. The molecule has 1 spiro atoms. The number of carbonyl (C=O) groups is 11. The largest absolute Gasteiger partial charge is 0.417 e. The molecule has 30 heteroatoms. The highest BCUT2D eigenvalue weighted by molar-refractivity contribution is 6.31. The molecule has 2 aromatic carbocycles. The first kappa shape index (κ1) is 82.1. The molecule has 2 aliphatic heterocycles. The minimum Gasteiger partial charge on any atom is -0.377 e. The van der Waals surface area contributed by atoms with Crippen LogP contribution in [-0.4, -0.2) is 240 Å². The summed E-state index contributed by atoms with van der Waals surface area (Å²) in [7, 11) is 9.38. The second-order valence-corrected chi connectivity index (χ2v) is 27.8. The standard InChI is InChI=1S/C69H100ClF6N11O12/c1-16-41(6)58-64(96)82(11)38-56(90)80(9)39-57(91)85(14)53(34-45-21-25-46(26-22-45)68(71,72)73)63(95)81(10)37-54(88)77-50(28-24-44-23-27-48(49(70)33-44)69(74,75)76)62(94)87-36-47(99-18-3)35-52(87)61(93)79-67(29-19-20-30-67)66(98)86(15)59(42(7)17-2)65(97)83(12)43(8)32-55(89)84(13)51(31-40(4)5)60(92)78-58/h21-23,25-27,33,40-43,47,50-53,58-59H,16-20,24,28-32,34-39H2,1-15H3,(H,77,88)(H,78,92)(H,79,93)/t41-,42-,43+,47+,50-,51-,52-,53-,58-,59-/m0/s1. The zero-order valence-corrected chi connectivity index (χ0v) is 60.3. The quantitative estimate of drug-likeness (QED) is 0.189. The zero-order valence-electron chi connectivity index (χ0n) is 59.5. The Morgan fingerprint density at radius 2 is 1.20 bits per heavy atom. The van der Waals surface area contributed by atoms with Gasteiger partial charge < -0.3 is 59.9 Å². The van der Waals surface area contributed by atoms with E-state index in [1.165, 1.54) is 68.9 Å². The van der Waals surface area contributed by atoms with Gasteiger partial charge in [0.1, 0.15) is 41.8 Å². The highest BCUT2D eigenvalue weighted by Gasteiger charge is 2.51. The summed E-state index contributed by atoms with van der Waals surface area (Å²) < 4.78 is 88.9. The van der Waals surface area contributed by atoms with Crippen molar-refractivity contribution >= 4 is 76.6 Å². The number of aryl methyl sites for hydroxylation is 1. The maximum Gasteiger partial charge on any atom is 0.417 e. The van der Waals surface area contributed by atoms with Gasteiger partial charge in [-0.05, 0) is 99.1 Å². The molecule has 5 rings (SSSR count). The molecule has 0 unspecified atom stereocenters. The fourth-order valence-electron chi connectivity index (χ4n) is 12.9. The molecule has 552 valence electrons. The number of alkyl halides is 6. The third kappa shape index (κ3) is 21.0. The number of nitrogens with one attached hydrogen (secondary N) is 3. The number of likely N-dealkylation sites (N-methyl/N-ethyl adjacent to an activating group) is 7. The molecule has 2 aromatic rings. The van der Waals surface area contributed by atoms with Crippen molar-refractivity contribution in [2.24, 2.45) is 17.8 Å². The number of nitrogens with zero attached hydrogens (tertiary/aromatic N) is 8. The van der Waals surface area contributed by atoms with Crippen molar-refractivity contribution in [1.29, 1.82) is 0 Å². The summed E-state index contributed by atoms with van der Waals surface area (Å²) >= 11 is 6.12. The second-order valence-electron chi connectivity index (χ2n) is 27.4. The van der Waals surface area contributed by atoms with Gasteiger partial charge in [0, 0.05) is 87.8 Å². The van der Waals surface area contributed by atoms with Gasteiger partial charge in [0.25, 0.3) is 0 Å². The number of hydrogen-bond acceptors (Lipinski definition) is 12. The summed E-state index contributed by atoms with van der Waals surface area (Å²) in [6, 6.07) is -2.13. The first-order valence-corrected chi connectivity index (χ1v) is 34.2. The molecule has 2 saturated heterocycles. The number of fused-ring (bicyclic) bond motifs is 1. The maximum atomic E-state index is 15.4. The van der Waals surface area contributed by atoms with Gasteiger partial charge in [-0.25, -0.2) is 0 Å². The lowest BCUT2D eigenvalue weighted by Crippen LogP contribution is -2.64. The van der Waals surface area contributed by atoms with Crippen LogP contribution in [0.5, 0.6) is 0 Å². The smallest absolute Gasteiger partial charge is 0.377 e. The van der Waals surface area contributed by atoms with Gasteiger partial charge in [0.2, 0.25) is 65.0 Å². The van der Waals surface area contributed by atoms with Crippen molar-refractivity contribution in [3.8, 4) is 0 Å². The summed E-state index contributed by atoms with van der Waals surface area (Å²) in [6.07, 6.45) is -9.51. The predicted molar refractivity (Wildman–Crippen MR) is 356 cm³/mol. The molecule has 2 heterocycles. The highest BCUT2D eigenvalue weighted by atomic mass is 35.5. The van der Waals surface area contributed by atoms with Crippen LogP contribution in [0.3, 0.4) is 0 Å². The second kappa shape index (κ2) is 35.2. The topological polar surface area (TPSA) is 259 Å². The van der Waals surface area contributed by atoms with E-state index in [-0.39, 0.29) is 75.1 Å². The van der Waals surface area contributed by atoms with Crippen LogP contribution in [0.25, 0.3) is 0 Å². The zero-order chi connectivity index (χ0) is 74.5. The van der Waals surface area contributed by atoms with Gasteiger partial charge in [0.05, 0.1) is 41.9 Å². The summed E-state index contributed by atoms with van der Waals surface area (Å²) in [6.45, 7) is 11.9. The number of halogens is 7. The Balaban J connectivity index is 1.64. The van der Waals surface area contributed by atoms with E-state index in [4.69, 9.17) is 16.3 Å². The fourth-order valence-corrected chi connectivity index (χ4v) is 13.2. The molecular formula is C69H100ClF6N11O12. The van der Waals surface area contributed by atoms with Gasteiger partial charge in [-0.3, -0.25) is 52.7 Å². The van der Waals surface area contributed by atoms with Crippen molar-refractivity contribution in [2.45, 2.75) is 199 Å². The van der Waals surface area contributed by atoms with Crippen LogP contribution in [-0.2, 0) is 82.7 Å². The summed E-state index contributed by atoms with van der Waals surface area (Å²) in [5.74, 6) is -9.38. The Morgan fingerprint density at radius 3 is 1.76 bits per heavy atom. The molecule has 23 nitrogen and oxygen atoms in total. The number of carbonyl (C=O) groups excluding carboxylic acids is 11. The molecule has 3 N–H and O–H groups in total. The summed E-state index contributed by atoms with van der Waals surface area (Å²) in [5, 5.41) is 7.84. The monoisotopic (exact) mass is 1420 g/mol.